The average Bonchev–Trinajstić information content (AvgIpc) is 2.92. The molecular formula is C22H37N5O. The number of amides is 1. The van der Waals surface area contributed by atoms with Crippen molar-refractivity contribution in [2.75, 3.05) is 19.6 Å². The van der Waals surface area contributed by atoms with Crippen LogP contribution in [0.15, 0.2) is 0 Å². The Morgan fingerprint density at radius 3 is 2.54 bits per heavy atom. The third kappa shape index (κ3) is 5.13. The molecule has 3 heterocycles. The van der Waals surface area contributed by atoms with Crippen molar-refractivity contribution in [1.82, 2.24) is 25.0 Å². The van der Waals surface area contributed by atoms with Crippen molar-refractivity contribution in [3.05, 3.63) is 11.6 Å². The van der Waals surface area contributed by atoms with Crippen molar-refractivity contribution in [1.29, 1.82) is 0 Å². The second-order valence-corrected chi connectivity index (χ2v) is 9.12. The van der Waals surface area contributed by atoms with Crippen molar-refractivity contribution in [3.63, 3.8) is 0 Å². The number of fused-ring (bicyclic) bond motifs is 1. The van der Waals surface area contributed by atoms with Gasteiger partial charge in [0.15, 0.2) is 0 Å². The van der Waals surface area contributed by atoms with Gasteiger partial charge < -0.3 is 9.88 Å². The number of carbonyl (C=O) groups excluding carboxylic acids is 1. The normalized spacial score (nSPS) is 25.4. The quantitative estimate of drug-likeness (QED) is 0.860. The summed E-state index contributed by atoms with van der Waals surface area (Å²) in [6, 6.07) is 0.389. The van der Waals surface area contributed by atoms with E-state index in [1.54, 1.807) is 0 Å². The first-order valence-electron chi connectivity index (χ1n) is 11.7. The van der Waals surface area contributed by atoms with Gasteiger partial charge in [-0.1, -0.05) is 38.5 Å². The van der Waals surface area contributed by atoms with Crippen LogP contribution in [0.25, 0.3) is 0 Å². The zero-order chi connectivity index (χ0) is 19.2. The number of piperidine rings is 1. The summed E-state index contributed by atoms with van der Waals surface area (Å²) in [4.78, 5) is 15.0. The molecule has 2 aliphatic heterocycles. The zero-order valence-electron chi connectivity index (χ0n) is 17.4. The molecule has 2 fully saturated rings. The summed E-state index contributed by atoms with van der Waals surface area (Å²) in [5.41, 5.74) is 0. The molecule has 1 aromatic heterocycles. The Bertz CT molecular complexity index is 635. The van der Waals surface area contributed by atoms with Gasteiger partial charge in [-0.2, -0.15) is 0 Å². The summed E-state index contributed by atoms with van der Waals surface area (Å²) in [5.74, 6) is 2.97. The van der Waals surface area contributed by atoms with Crippen LogP contribution in [0.5, 0.6) is 0 Å². The summed E-state index contributed by atoms with van der Waals surface area (Å²) in [7, 11) is 0. The Balaban J connectivity index is 1.31. The molecule has 0 aromatic carbocycles. The van der Waals surface area contributed by atoms with Gasteiger partial charge in [-0.3, -0.25) is 9.69 Å². The Kier molecular flexibility index (Phi) is 7.00. The van der Waals surface area contributed by atoms with Gasteiger partial charge in [0.25, 0.3) is 0 Å². The molecule has 1 aromatic rings. The second-order valence-electron chi connectivity index (χ2n) is 9.12. The van der Waals surface area contributed by atoms with E-state index in [9.17, 15) is 4.79 Å². The van der Waals surface area contributed by atoms with E-state index in [4.69, 9.17) is 0 Å². The number of nitrogens with one attached hydrogen (secondary N) is 1. The number of rotatable bonds is 4. The number of aryl methyl sites for hydroxylation is 1. The van der Waals surface area contributed by atoms with Gasteiger partial charge in [0.05, 0.1) is 6.54 Å². The molecule has 1 N–H and O–H groups in total. The minimum absolute atomic E-state index is 0.214. The van der Waals surface area contributed by atoms with Crippen LogP contribution in [-0.4, -0.2) is 51.2 Å². The average molecular weight is 388 g/mol. The zero-order valence-corrected chi connectivity index (χ0v) is 17.4. The van der Waals surface area contributed by atoms with Crippen molar-refractivity contribution in [2.24, 2.45) is 0 Å². The molecule has 0 radical (unpaired) electrons. The van der Waals surface area contributed by atoms with Crippen LogP contribution < -0.4 is 5.32 Å². The van der Waals surface area contributed by atoms with E-state index >= 15 is 0 Å². The van der Waals surface area contributed by atoms with Gasteiger partial charge in [0.2, 0.25) is 5.91 Å². The Morgan fingerprint density at radius 2 is 1.68 bits per heavy atom. The van der Waals surface area contributed by atoms with Crippen LogP contribution in [0.3, 0.4) is 0 Å². The van der Waals surface area contributed by atoms with E-state index < -0.39 is 0 Å². The van der Waals surface area contributed by atoms with Crippen molar-refractivity contribution >= 4 is 5.91 Å². The Hall–Kier alpha value is -1.43. The van der Waals surface area contributed by atoms with Crippen molar-refractivity contribution < 1.29 is 4.79 Å². The lowest BCUT2D eigenvalue weighted by molar-refractivity contribution is -0.123. The minimum atomic E-state index is 0.214. The maximum atomic E-state index is 12.7. The number of nitrogens with zero attached hydrogens (tertiary/aromatic N) is 4. The maximum Gasteiger partial charge on any atom is 0.234 e. The molecule has 0 spiro atoms. The maximum absolute atomic E-state index is 12.7. The first kappa shape index (κ1) is 19.9. The molecule has 156 valence electrons. The molecule has 28 heavy (non-hydrogen) atoms. The third-order valence-electron chi connectivity index (χ3n) is 6.85. The molecule has 1 atom stereocenters. The minimum Gasteiger partial charge on any atom is -0.352 e. The van der Waals surface area contributed by atoms with Gasteiger partial charge in [0, 0.05) is 31.5 Å². The molecule has 1 unspecified atom stereocenters. The van der Waals surface area contributed by atoms with Crippen LogP contribution in [-0.2, 0) is 17.8 Å². The second kappa shape index (κ2) is 9.86. The van der Waals surface area contributed by atoms with E-state index in [1.165, 1.54) is 69.4 Å². The molecule has 0 bridgehead atoms. The van der Waals surface area contributed by atoms with Gasteiger partial charge in [-0.25, -0.2) is 0 Å². The van der Waals surface area contributed by atoms with Crippen molar-refractivity contribution in [3.8, 4) is 0 Å². The summed E-state index contributed by atoms with van der Waals surface area (Å²) in [6.45, 7) is 3.57. The molecule has 1 amide bonds. The van der Waals surface area contributed by atoms with Crippen LogP contribution in [0.1, 0.15) is 94.6 Å². The Labute approximate surface area is 169 Å². The summed E-state index contributed by atoms with van der Waals surface area (Å²) >= 11 is 0. The number of aromatic nitrogens is 3. The SMILES string of the molecule is O=C(CN1CCCC(c2nnc3n2CCCCC3)C1)NC1CCCCCCC1. The molecular weight excluding hydrogens is 350 g/mol. The van der Waals surface area contributed by atoms with Gasteiger partial charge >= 0.3 is 0 Å². The molecule has 1 aliphatic carbocycles. The van der Waals surface area contributed by atoms with Crippen LogP contribution in [0.2, 0.25) is 0 Å². The molecule has 3 aliphatic rings. The molecule has 1 saturated carbocycles. The van der Waals surface area contributed by atoms with Gasteiger partial charge in [0.1, 0.15) is 11.6 Å². The third-order valence-corrected chi connectivity index (χ3v) is 6.85. The van der Waals surface area contributed by atoms with Crippen molar-refractivity contribution in [2.45, 2.75) is 102 Å². The lowest BCUT2D eigenvalue weighted by Crippen LogP contribution is -2.45. The highest BCUT2D eigenvalue weighted by Crippen LogP contribution is 2.28. The highest BCUT2D eigenvalue weighted by Gasteiger charge is 2.28. The molecule has 1 saturated heterocycles. The fourth-order valence-corrected chi connectivity index (χ4v) is 5.30. The van der Waals surface area contributed by atoms with Crippen LogP contribution in [0.4, 0.5) is 0 Å². The fourth-order valence-electron chi connectivity index (χ4n) is 5.30. The van der Waals surface area contributed by atoms with Crippen LogP contribution >= 0.6 is 0 Å². The van der Waals surface area contributed by atoms with Gasteiger partial charge in [-0.15, -0.1) is 10.2 Å². The molecule has 6 nitrogen and oxygen atoms in total. The number of carbonyl (C=O) groups is 1. The number of hydrogen-bond acceptors (Lipinski definition) is 4. The first-order valence-corrected chi connectivity index (χ1v) is 11.7. The molecule has 6 heteroatoms. The first-order chi connectivity index (χ1) is 13.8. The fraction of sp³-hybridized carbons (Fsp3) is 0.864. The summed E-state index contributed by atoms with van der Waals surface area (Å²) in [5, 5.41) is 12.4. The molecule has 4 rings (SSSR count). The monoisotopic (exact) mass is 387 g/mol. The largest absolute Gasteiger partial charge is 0.352 e. The van der Waals surface area contributed by atoms with E-state index in [2.05, 4.69) is 25.0 Å². The summed E-state index contributed by atoms with van der Waals surface area (Å²) < 4.78 is 2.38. The van der Waals surface area contributed by atoms with Crippen LogP contribution in [0, 0.1) is 0 Å². The highest BCUT2D eigenvalue weighted by atomic mass is 16.2. The predicted octanol–water partition coefficient (Wildman–Crippen LogP) is 3.41. The standard InChI is InChI=1S/C22H37N5O/c28-21(23-19-11-5-2-1-3-6-12-19)17-26-14-9-10-18(16-26)22-25-24-20-13-7-4-8-15-27(20)22/h18-19H,1-17H2,(H,23,28). The van der Waals surface area contributed by atoms with E-state index in [1.807, 2.05) is 0 Å². The van der Waals surface area contributed by atoms with Gasteiger partial charge in [-0.05, 0) is 45.1 Å². The lowest BCUT2D eigenvalue weighted by atomic mass is 9.96. The highest BCUT2D eigenvalue weighted by molar-refractivity contribution is 5.78. The predicted molar refractivity (Wildman–Crippen MR) is 110 cm³/mol. The smallest absolute Gasteiger partial charge is 0.234 e. The number of likely N-dealkylation sites (tertiary alicyclic amines) is 1. The Morgan fingerprint density at radius 1 is 0.893 bits per heavy atom. The topological polar surface area (TPSA) is 63.1 Å². The lowest BCUT2D eigenvalue weighted by Gasteiger charge is -2.32. The summed E-state index contributed by atoms with van der Waals surface area (Å²) in [6.07, 6.45) is 16.0. The van der Waals surface area contributed by atoms with E-state index in [0.29, 0.717) is 18.5 Å². The van der Waals surface area contributed by atoms with E-state index in [0.717, 1.165) is 45.3 Å². The number of hydrogen-bond donors (Lipinski definition) is 1. The van der Waals surface area contributed by atoms with E-state index in [-0.39, 0.29) is 5.91 Å².